The predicted molar refractivity (Wildman–Crippen MR) is 106 cm³/mol. The highest BCUT2D eigenvalue weighted by atomic mass is 17.3. The molecule has 0 rings (SSSR count). The first kappa shape index (κ1) is 26.3. The molecule has 0 aliphatic carbocycles. The molecule has 0 aromatic carbocycles. The molecule has 6 nitrogen and oxygen atoms in total. The summed E-state index contributed by atoms with van der Waals surface area (Å²) >= 11 is 0. The van der Waals surface area contributed by atoms with Crippen LogP contribution in [0.2, 0.25) is 0 Å². The lowest BCUT2D eigenvalue weighted by molar-refractivity contribution is -0.538. The van der Waals surface area contributed by atoms with Gasteiger partial charge in [0.25, 0.3) is 0 Å². The van der Waals surface area contributed by atoms with Crippen LogP contribution in [0.15, 0.2) is 0 Å². The van der Waals surface area contributed by atoms with Gasteiger partial charge < -0.3 is 4.74 Å². The second-order valence-electron chi connectivity index (χ2n) is 9.26. The highest BCUT2D eigenvalue weighted by molar-refractivity contribution is 5.72. The molecule has 0 aromatic rings. The molecule has 1 atom stereocenters. The van der Waals surface area contributed by atoms with E-state index in [0.717, 1.165) is 25.7 Å². The Labute approximate surface area is 166 Å². The second kappa shape index (κ2) is 12.0. The zero-order valence-corrected chi connectivity index (χ0v) is 19.0. The van der Waals surface area contributed by atoms with Crippen LogP contribution in [-0.2, 0) is 29.1 Å². The molecule has 0 spiro atoms. The molecule has 27 heavy (non-hydrogen) atoms. The molecule has 0 aliphatic rings. The van der Waals surface area contributed by atoms with Gasteiger partial charge >= 0.3 is 5.97 Å². The largest absolute Gasteiger partial charge is 0.465 e. The fraction of sp³-hybridized carbons (Fsp3) is 0.952. The van der Waals surface area contributed by atoms with Gasteiger partial charge in [-0.15, -0.1) is 0 Å². The quantitative estimate of drug-likeness (QED) is 0.131. The first-order valence-corrected chi connectivity index (χ1v) is 10.2. The molecule has 0 saturated heterocycles. The number of hydrogen-bond acceptors (Lipinski definition) is 6. The number of hydrogen-bond donors (Lipinski definition) is 0. The summed E-state index contributed by atoms with van der Waals surface area (Å²) in [5, 5.41) is 0. The van der Waals surface area contributed by atoms with E-state index in [9.17, 15) is 4.79 Å². The average molecular weight is 391 g/mol. The summed E-state index contributed by atoms with van der Waals surface area (Å²) in [6, 6.07) is 0. The molecule has 1 unspecified atom stereocenters. The van der Waals surface area contributed by atoms with E-state index in [1.165, 1.54) is 0 Å². The third kappa shape index (κ3) is 14.0. The number of unbranched alkanes of at least 4 members (excludes halogenated alkanes) is 2. The van der Waals surface area contributed by atoms with Crippen molar-refractivity contribution in [1.82, 2.24) is 0 Å². The molecule has 0 aromatic heterocycles. The Morgan fingerprint density at radius 1 is 0.778 bits per heavy atom. The number of rotatable bonds is 13. The topological polar surface area (TPSA) is 63.2 Å². The highest BCUT2D eigenvalue weighted by Crippen LogP contribution is 2.30. The molecule has 0 fully saturated rings. The van der Waals surface area contributed by atoms with E-state index >= 15 is 0 Å². The van der Waals surface area contributed by atoms with Crippen LogP contribution in [0.5, 0.6) is 0 Å². The summed E-state index contributed by atoms with van der Waals surface area (Å²) in [5.41, 5.74) is -1.04. The SMILES string of the molecule is CCCCOC(=O)C(CCCC)CC(C)(OOC(C)(C)C)OOC(C)(C)C. The maximum absolute atomic E-state index is 12.6. The monoisotopic (exact) mass is 390 g/mol. The van der Waals surface area contributed by atoms with Gasteiger partial charge in [0.15, 0.2) is 0 Å². The lowest BCUT2D eigenvalue weighted by atomic mass is 9.94. The van der Waals surface area contributed by atoms with Gasteiger partial charge in [-0.2, -0.15) is 9.78 Å². The summed E-state index contributed by atoms with van der Waals surface area (Å²) in [6.45, 7) is 17.6. The Morgan fingerprint density at radius 2 is 1.26 bits per heavy atom. The summed E-state index contributed by atoms with van der Waals surface area (Å²) in [4.78, 5) is 34.8. The fourth-order valence-electron chi connectivity index (χ4n) is 2.14. The van der Waals surface area contributed by atoms with Crippen LogP contribution in [-0.4, -0.2) is 29.6 Å². The van der Waals surface area contributed by atoms with E-state index in [1.807, 2.05) is 41.5 Å². The van der Waals surface area contributed by atoms with Crippen LogP contribution in [0, 0.1) is 5.92 Å². The van der Waals surface area contributed by atoms with Gasteiger partial charge in [-0.1, -0.05) is 33.1 Å². The van der Waals surface area contributed by atoms with E-state index in [1.54, 1.807) is 6.92 Å². The Bertz CT molecular complexity index is 390. The molecule has 162 valence electrons. The van der Waals surface area contributed by atoms with Crippen molar-refractivity contribution in [3.63, 3.8) is 0 Å². The molecule has 0 heterocycles. The Kier molecular flexibility index (Phi) is 11.7. The predicted octanol–water partition coefficient (Wildman–Crippen LogP) is 5.74. The van der Waals surface area contributed by atoms with Crippen molar-refractivity contribution in [1.29, 1.82) is 0 Å². The molecule has 0 N–H and O–H groups in total. The van der Waals surface area contributed by atoms with Crippen molar-refractivity contribution < 1.29 is 29.1 Å². The molecule has 0 saturated carbocycles. The number of carbonyl (C=O) groups excluding carboxylic acids is 1. The first-order chi connectivity index (χ1) is 12.3. The van der Waals surface area contributed by atoms with Gasteiger partial charge in [-0.3, -0.25) is 4.79 Å². The van der Waals surface area contributed by atoms with E-state index in [4.69, 9.17) is 24.3 Å². The third-order valence-corrected chi connectivity index (χ3v) is 3.53. The molecule has 0 amide bonds. The van der Waals surface area contributed by atoms with Crippen molar-refractivity contribution in [2.45, 2.75) is 118 Å². The summed E-state index contributed by atoms with van der Waals surface area (Å²) < 4.78 is 5.45. The van der Waals surface area contributed by atoms with Gasteiger partial charge in [0.2, 0.25) is 5.79 Å². The molecular weight excluding hydrogens is 348 g/mol. The normalized spacial score (nSPS) is 14.3. The molecule has 6 heteroatoms. The van der Waals surface area contributed by atoms with Gasteiger partial charge in [-0.25, -0.2) is 9.78 Å². The van der Waals surface area contributed by atoms with E-state index < -0.39 is 17.0 Å². The van der Waals surface area contributed by atoms with Crippen molar-refractivity contribution in [3.05, 3.63) is 0 Å². The van der Waals surface area contributed by atoms with E-state index in [2.05, 4.69) is 13.8 Å². The van der Waals surface area contributed by atoms with Gasteiger partial charge in [0.05, 0.1) is 23.7 Å². The van der Waals surface area contributed by atoms with Crippen LogP contribution < -0.4 is 0 Å². The van der Waals surface area contributed by atoms with Crippen LogP contribution in [0.1, 0.15) is 101 Å². The Morgan fingerprint density at radius 3 is 1.67 bits per heavy atom. The molecule has 0 aliphatic heterocycles. The smallest absolute Gasteiger partial charge is 0.309 e. The van der Waals surface area contributed by atoms with E-state index in [0.29, 0.717) is 13.0 Å². The lowest BCUT2D eigenvalue weighted by Gasteiger charge is -2.34. The van der Waals surface area contributed by atoms with Crippen LogP contribution in [0.4, 0.5) is 0 Å². The fourth-order valence-corrected chi connectivity index (χ4v) is 2.14. The van der Waals surface area contributed by atoms with Crippen LogP contribution in [0.3, 0.4) is 0 Å². The maximum atomic E-state index is 12.6. The standard InChI is InChI=1S/C21H42O6/c1-10-12-14-17(18(22)23-15-13-11-2)16-21(9,26-24-19(3,4)5)27-25-20(6,7)8/h17H,10-16H2,1-9H3. The second-order valence-corrected chi connectivity index (χ2v) is 9.26. The summed E-state index contributed by atoms with van der Waals surface area (Å²) in [5.74, 6) is -1.80. The Hall–Kier alpha value is -0.690. The maximum Gasteiger partial charge on any atom is 0.309 e. The number of carbonyl (C=O) groups is 1. The minimum absolute atomic E-state index is 0.221. The minimum atomic E-state index is -1.23. The van der Waals surface area contributed by atoms with Gasteiger partial charge in [-0.05, 0) is 61.3 Å². The first-order valence-electron chi connectivity index (χ1n) is 10.2. The molecule has 0 radical (unpaired) electrons. The lowest BCUT2D eigenvalue weighted by Crippen LogP contribution is -2.41. The zero-order valence-electron chi connectivity index (χ0n) is 19.0. The highest BCUT2D eigenvalue weighted by Gasteiger charge is 2.39. The van der Waals surface area contributed by atoms with Gasteiger partial charge in [0.1, 0.15) is 0 Å². The van der Waals surface area contributed by atoms with E-state index in [-0.39, 0.29) is 18.3 Å². The Balaban J connectivity index is 5.19. The summed E-state index contributed by atoms with van der Waals surface area (Å²) in [6.07, 6.45) is 4.74. The zero-order chi connectivity index (χ0) is 21.1. The summed E-state index contributed by atoms with van der Waals surface area (Å²) in [7, 11) is 0. The van der Waals surface area contributed by atoms with Crippen molar-refractivity contribution in [2.75, 3.05) is 6.61 Å². The van der Waals surface area contributed by atoms with Crippen LogP contribution in [0.25, 0.3) is 0 Å². The molecular formula is C21H42O6. The average Bonchev–Trinajstić information content (AvgIpc) is 2.54. The molecule has 0 bridgehead atoms. The van der Waals surface area contributed by atoms with Gasteiger partial charge in [0, 0.05) is 6.42 Å². The third-order valence-electron chi connectivity index (χ3n) is 3.53. The number of ether oxygens (including phenoxy) is 1. The van der Waals surface area contributed by atoms with Crippen molar-refractivity contribution in [3.8, 4) is 0 Å². The van der Waals surface area contributed by atoms with Crippen molar-refractivity contribution in [2.24, 2.45) is 5.92 Å². The van der Waals surface area contributed by atoms with Crippen molar-refractivity contribution >= 4 is 5.97 Å². The minimum Gasteiger partial charge on any atom is -0.465 e. The number of esters is 1. The van der Waals surface area contributed by atoms with Crippen LogP contribution >= 0.6 is 0 Å².